The third-order valence-corrected chi connectivity index (χ3v) is 3.74. The molecule has 1 aromatic carbocycles. The van der Waals surface area contributed by atoms with Gasteiger partial charge in [0.25, 0.3) is 5.91 Å². The number of ether oxygens (including phenoxy) is 1. The van der Waals surface area contributed by atoms with Crippen LogP contribution < -0.4 is 4.74 Å². The molecule has 1 fully saturated rings. The number of nitrogens with zero attached hydrogens (tertiary/aromatic N) is 2. The van der Waals surface area contributed by atoms with Gasteiger partial charge in [-0.05, 0) is 45.0 Å². The van der Waals surface area contributed by atoms with E-state index in [-0.39, 0.29) is 5.91 Å². The van der Waals surface area contributed by atoms with E-state index in [1.165, 1.54) is 0 Å². The number of piperazine rings is 1. The molecule has 0 radical (unpaired) electrons. The lowest BCUT2D eigenvalue weighted by atomic mass is 10.1. The SMILES string of the molecule is CCOc1ccc(C(=O)N2CCN(C(C)C)CC2)cc1. The zero-order chi connectivity index (χ0) is 14.5. The molecule has 0 N–H and O–H groups in total. The lowest BCUT2D eigenvalue weighted by Gasteiger charge is -2.37. The van der Waals surface area contributed by atoms with Gasteiger partial charge in [0.05, 0.1) is 6.61 Å². The van der Waals surface area contributed by atoms with E-state index in [0.717, 1.165) is 37.5 Å². The molecule has 1 saturated heterocycles. The van der Waals surface area contributed by atoms with Crippen molar-refractivity contribution in [3.63, 3.8) is 0 Å². The first-order valence-electron chi connectivity index (χ1n) is 7.38. The van der Waals surface area contributed by atoms with Gasteiger partial charge < -0.3 is 9.64 Å². The van der Waals surface area contributed by atoms with Gasteiger partial charge in [-0.2, -0.15) is 0 Å². The molecule has 0 aliphatic carbocycles. The fourth-order valence-corrected chi connectivity index (χ4v) is 2.48. The summed E-state index contributed by atoms with van der Waals surface area (Å²) >= 11 is 0. The summed E-state index contributed by atoms with van der Waals surface area (Å²) in [6, 6.07) is 7.98. The largest absolute Gasteiger partial charge is 0.494 e. The van der Waals surface area contributed by atoms with Crippen LogP contribution in [0.25, 0.3) is 0 Å². The zero-order valence-electron chi connectivity index (χ0n) is 12.6. The summed E-state index contributed by atoms with van der Waals surface area (Å²) in [5.74, 6) is 0.935. The fraction of sp³-hybridized carbons (Fsp3) is 0.562. The lowest BCUT2D eigenvalue weighted by Crippen LogP contribution is -2.50. The zero-order valence-corrected chi connectivity index (χ0v) is 12.6. The number of amides is 1. The molecule has 1 aliphatic heterocycles. The second kappa shape index (κ2) is 6.75. The molecule has 0 spiro atoms. The van der Waals surface area contributed by atoms with Gasteiger partial charge in [-0.3, -0.25) is 9.69 Å². The summed E-state index contributed by atoms with van der Waals surface area (Å²) in [6.07, 6.45) is 0. The molecular weight excluding hydrogens is 252 g/mol. The van der Waals surface area contributed by atoms with Crippen LogP contribution in [0.15, 0.2) is 24.3 Å². The van der Waals surface area contributed by atoms with Crippen molar-refractivity contribution in [1.29, 1.82) is 0 Å². The molecule has 4 heteroatoms. The average Bonchev–Trinajstić information content (AvgIpc) is 2.48. The van der Waals surface area contributed by atoms with Gasteiger partial charge in [0.1, 0.15) is 5.75 Å². The van der Waals surface area contributed by atoms with Crippen molar-refractivity contribution in [3.8, 4) is 5.75 Å². The number of carbonyl (C=O) groups is 1. The smallest absolute Gasteiger partial charge is 0.253 e. The van der Waals surface area contributed by atoms with E-state index >= 15 is 0 Å². The Morgan fingerprint density at radius 1 is 1.15 bits per heavy atom. The molecule has 110 valence electrons. The van der Waals surface area contributed by atoms with E-state index < -0.39 is 0 Å². The Labute approximate surface area is 121 Å². The molecule has 0 bridgehead atoms. The molecule has 1 heterocycles. The quantitative estimate of drug-likeness (QED) is 0.845. The minimum absolute atomic E-state index is 0.122. The first-order valence-corrected chi connectivity index (χ1v) is 7.38. The molecule has 1 aromatic rings. The Morgan fingerprint density at radius 2 is 1.75 bits per heavy atom. The normalized spacial score (nSPS) is 16.5. The molecule has 0 unspecified atom stereocenters. The summed E-state index contributed by atoms with van der Waals surface area (Å²) in [4.78, 5) is 16.8. The molecule has 20 heavy (non-hydrogen) atoms. The van der Waals surface area contributed by atoms with E-state index in [4.69, 9.17) is 4.74 Å². The monoisotopic (exact) mass is 276 g/mol. The van der Waals surface area contributed by atoms with Crippen LogP contribution in [0.4, 0.5) is 0 Å². The third-order valence-electron chi connectivity index (χ3n) is 3.74. The first-order chi connectivity index (χ1) is 9.61. The van der Waals surface area contributed by atoms with Crippen LogP contribution in [0.1, 0.15) is 31.1 Å². The number of rotatable bonds is 4. The lowest BCUT2D eigenvalue weighted by molar-refractivity contribution is 0.0595. The molecule has 0 saturated carbocycles. The predicted molar refractivity (Wildman–Crippen MR) is 80.2 cm³/mol. The van der Waals surface area contributed by atoms with E-state index in [1.807, 2.05) is 36.1 Å². The van der Waals surface area contributed by atoms with E-state index in [0.29, 0.717) is 12.6 Å². The van der Waals surface area contributed by atoms with Crippen LogP contribution in [0.2, 0.25) is 0 Å². The van der Waals surface area contributed by atoms with Crippen LogP contribution in [0, 0.1) is 0 Å². The van der Waals surface area contributed by atoms with Crippen molar-refractivity contribution >= 4 is 5.91 Å². The van der Waals surface area contributed by atoms with Gasteiger partial charge in [0, 0.05) is 37.8 Å². The standard InChI is InChI=1S/C16H24N2O2/c1-4-20-15-7-5-14(6-8-15)16(19)18-11-9-17(10-12-18)13(2)3/h5-8,13H,4,9-12H2,1-3H3. The minimum Gasteiger partial charge on any atom is -0.494 e. The van der Waals surface area contributed by atoms with Crippen molar-refractivity contribution in [2.45, 2.75) is 26.8 Å². The maximum atomic E-state index is 12.4. The van der Waals surface area contributed by atoms with Crippen LogP contribution in [0.3, 0.4) is 0 Å². The fourth-order valence-electron chi connectivity index (χ4n) is 2.48. The summed E-state index contributed by atoms with van der Waals surface area (Å²) in [6.45, 7) is 10.5. The Hall–Kier alpha value is -1.55. The van der Waals surface area contributed by atoms with Crippen LogP contribution in [-0.4, -0.2) is 54.5 Å². The molecule has 2 rings (SSSR count). The van der Waals surface area contributed by atoms with Crippen molar-refractivity contribution in [2.75, 3.05) is 32.8 Å². The van der Waals surface area contributed by atoms with Crippen LogP contribution in [0.5, 0.6) is 5.75 Å². The van der Waals surface area contributed by atoms with Gasteiger partial charge in [-0.25, -0.2) is 0 Å². The topological polar surface area (TPSA) is 32.8 Å². The predicted octanol–water partition coefficient (Wildman–Crippen LogP) is 2.25. The highest BCUT2D eigenvalue weighted by molar-refractivity contribution is 5.94. The molecule has 1 amide bonds. The Morgan fingerprint density at radius 3 is 2.25 bits per heavy atom. The first kappa shape index (κ1) is 14.9. The summed E-state index contributed by atoms with van der Waals surface area (Å²) < 4.78 is 5.39. The third kappa shape index (κ3) is 3.51. The number of carbonyl (C=O) groups excluding carboxylic acids is 1. The van der Waals surface area contributed by atoms with Crippen LogP contribution >= 0.6 is 0 Å². The molecule has 0 atom stereocenters. The second-order valence-electron chi connectivity index (χ2n) is 5.38. The molecule has 0 aromatic heterocycles. The molecule has 1 aliphatic rings. The van der Waals surface area contributed by atoms with E-state index in [1.54, 1.807) is 0 Å². The second-order valence-corrected chi connectivity index (χ2v) is 5.38. The summed E-state index contributed by atoms with van der Waals surface area (Å²) in [7, 11) is 0. The highest BCUT2D eigenvalue weighted by Gasteiger charge is 2.23. The Kier molecular flexibility index (Phi) is 5.01. The van der Waals surface area contributed by atoms with Crippen molar-refractivity contribution in [2.24, 2.45) is 0 Å². The Balaban J connectivity index is 1.94. The van der Waals surface area contributed by atoms with Crippen molar-refractivity contribution in [3.05, 3.63) is 29.8 Å². The van der Waals surface area contributed by atoms with Crippen molar-refractivity contribution < 1.29 is 9.53 Å². The van der Waals surface area contributed by atoms with Gasteiger partial charge in [0.2, 0.25) is 0 Å². The van der Waals surface area contributed by atoms with E-state index in [9.17, 15) is 4.79 Å². The number of benzene rings is 1. The maximum absolute atomic E-state index is 12.4. The number of hydrogen-bond donors (Lipinski definition) is 0. The highest BCUT2D eigenvalue weighted by Crippen LogP contribution is 2.15. The average molecular weight is 276 g/mol. The highest BCUT2D eigenvalue weighted by atomic mass is 16.5. The number of hydrogen-bond acceptors (Lipinski definition) is 3. The van der Waals surface area contributed by atoms with Gasteiger partial charge in [0.15, 0.2) is 0 Å². The van der Waals surface area contributed by atoms with Crippen molar-refractivity contribution in [1.82, 2.24) is 9.80 Å². The summed E-state index contributed by atoms with van der Waals surface area (Å²) in [5, 5.41) is 0. The molecular formula is C16H24N2O2. The maximum Gasteiger partial charge on any atom is 0.253 e. The van der Waals surface area contributed by atoms with E-state index in [2.05, 4.69) is 18.7 Å². The van der Waals surface area contributed by atoms with Gasteiger partial charge in [-0.15, -0.1) is 0 Å². The minimum atomic E-state index is 0.122. The molecule has 4 nitrogen and oxygen atoms in total. The van der Waals surface area contributed by atoms with Gasteiger partial charge in [-0.1, -0.05) is 0 Å². The Bertz CT molecular complexity index is 434. The summed E-state index contributed by atoms with van der Waals surface area (Å²) in [5.41, 5.74) is 0.742. The van der Waals surface area contributed by atoms with Gasteiger partial charge >= 0.3 is 0 Å². The van der Waals surface area contributed by atoms with Crippen LogP contribution in [-0.2, 0) is 0 Å².